The molecule has 1 aliphatic rings. The smallest absolute Gasteiger partial charge is 0.255 e. The minimum Gasteiger partial charge on any atom is -0.379 e. The highest BCUT2D eigenvalue weighted by Crippen LogP contribution is 2.21. The maximum absolute atomic E-state index is 13.1. The third kappa shape index (κ3) is 8.50. The summed E-state index contributed by atoms with van der Waals surface area (Å²) < 4.78 is 13.1. The number of anilines is 1. The van der Waals surface area contributed by atoms with Crippen LogP contribution in [-0.4, -0.2) is 60.8 Å². The van der Waals surface area contributed by atoms with Gasteiger partial charge in [-0.2, -0.15) is 0 Å². The van der Waals surface area contributed by atoms with Gasteiger partial charge in [-0.3, -0.25) is 14.7 Å². The van der Waals surface area contributed by atoms with E-state index >= 15 is 0 Å². The van der Waals surface area contributed by atoms with Crippen molar-refractivity contribution in [3.05, 3.63) is 76.6 Å². The Morgan fingerprint density at radius 3 is 2.55 bits per heavy atom. The zero-order chi connectivity index (χ0) is 27.8. The second-order valence-electron chi connectivity index (χ2n) is 10.7. The van der Waals surface area contributed by atoms with E-state index in [1.165, 1.54) is 0 Å². The standard InChI is InChI=1S/C31H44FN5O/c1-8-36(7)20-30(21(2)3)33-16-23(5)34-24(6)25-10-9-11-29(15-25)35-31(38)26-12-13-27(22(4)14-26)17-37-18-28(32)19-37/h9-16,20-21,23-24,28,34H,8,17-19H2,1-7H3,(H,35,38)/b30-20+,33-16?/t23?,24-/m0/s1. The average Bonchev–Trinajstić information content (AvgIpc) is 2.86. The average molecular weight is 522 g/mol. The van der Waals surface area contributed by atoms with Crippen molar-refractivity contribution in [1.29, 1.82) is 0 Å². The largest absolute Gasteiger partial charge is 0.379 e. The van der Waals surface area contributed by atoms with E-state index in [1.54, 1.807) is 0 Å². The number of hydrogen-bond donors (Lipinski definition) is 2. The molecule has 0 radical (unpaired) electrons. The molecule has 1 aliphatic heterocycles. The van der Waals surface area contributed by atoms with Crippen LogP contribution in [0.3, 0.4) is 0 Å². The van der Waals surface area contributed by atoms with E-state index < -0.39 is 6.17 Å². The van der Waals surface area contributed by atoms with Crippen molar-refractivity contribution >= 4 is 17.8 Å². The van der Waals surface area contributed by atoms with Crippen molar-refractivity contribution in [2.45, 2.75) is 66.3 Å². The van der Waals surface area contributed by atoms with Gasteiger partial charge in [0.15, 0.2) is 0 Å². The Hall–Kier alpha value is -3.03. The summed E-state index contributed by atoms with van der Waals surface area (Å²) in [7, 11) is 2.06. The summed E-state index contributed by atoms with van der Waals surface area (Å²) >= 11 is 0. The lowest BCUT2D eigenvalue weighted by molar-refractivity contribution is 0.0589. The Bertz CT molecular complexity index is 1140. The molecule has 0 aromatic heterocycles. The predicted octanol–water partition coefficient (Wildman–Crippen LogP) is 5.96. The van der Waals surface area contributed by atoms with Crippen molar-refractivity contribution < 1.29 is 9.18 Å². The molecule has 1 amide bonds. The minimum absolute atomic E-state index is 0.0741. The number of aryl methyl sites for hydroxylation is 1. The number of aliphatic imine (C=N–C) groups is 1. The van der Waals surface area contributed by atoms with E-state index in [2.05, 4.69) is 74.4 Å². The molecule has 3 rings (SSSR count). The van der Waals surface area contributed by atoms with E-state index in [1.807, 2.05) is 49.5 Å². The third-order valence-electron chi connectivity index (χ3n) is 6.96. The Morgan fingerprint density at radius 1 is 1.18 bits per heavy atom. The zero-order valence-corrected chi connectivity index (χ0v) is 24.0. The van der Waals surface area contributed by atoms with Crippen molar-refractivity contribution in [1.82, 2.24) is 15.1 Å². The fourth-order valence-corrected chi connectivity index (χ4v) is 4.36. The molecule has 2 aromatic carbocycles. The van der Waals surface area contributed by atoms with Crippen LogP contribution in [0.5, 0.6) is 0 Å². The maximum Gasteiger partial charge on any atom is 0.255 e. The summed E-state index contributed by atoms with van der Waals surface area (Å²) in [6, 6.07) is 13.8. The van der Waals surface area contributed by atoms with Crippen LogP contribution in [-0.2, 0) is 6.54 Å². The van der Waals surface area contributed by atoms with Gasteiger partial charge >= 0.3 is 0 Å². The zero-order valence-electron chi connectivity index (χ0n) is 24.0. The van der Waals surface area contributed by atoms with Crippen LogP contribution < -0.4 is 10.6 Å². The summed E-state index contributed by atoms with van der Waals surface area (Å²) in [5.74, 6) is 0.200. The quantitative estimate of drug-likeness (QED) is 0.339. The lowest BCUT2D eigenvalue weighted by Crippen LogP contribution is -2.47. The van der Waals surface area contributed by atoms with Crippen molar-refractivity contribution in [2.75, 3.05) is 32.0 Å². The number of allylic oxidation sites excluding steroid dienone is 1. The Labute approximate surface area is 228 Å². The normalized spacial score (nSPS) is 16.5. The number of likely N-dealkylation sites (tertiary alicyclic amines) is 1. The summed E-state index contributed by atoms with van der Waals surface area (Å²) in [6.45, 7) is 15.3. The highest BCUT2D eigenvalue weighted by Gasteiger charge is 2.26. The first-order valence-corrected chi connectivity index (χ1v) is 13.6. The van der Waals surface area contributed by atoms with Gasteiger partial charge in [0.2, 0.25) is 0 Å². The maximum atomic E-state index is 13.1. The fourth-order valence-electron chi connectivity index (χ4n) is 4.36. The minimum atomic E-state index is -0.710. The van der Waals surface area contributed by atoms with Gasteiger partial charge < -0.3 is 15.5 Å². The Morgan fingerprint density at radius 2 is 1.92 bits per heavy atom. The molecule has 2 N–H and O–H groups in total. The number of nitrogens with zero attached hydrogens (tertiary/aromatic N) is 3. The van der Waals surface area contributed by atoms with Crippen LogP contribution in [0.25, 0.3) is 0 Å². The lowest BCUT2D eigenvalue weighted by atomic mass is 10.0. The van der Waals surface area contributed by atoms with Crippen molar-refractivity contribution in [3.63, 3.8) is 0 Å². The van der Waals surface area contributed by atoms with Gasteiger partial charge in [-0.1, -0.05) is 32.0 Å². The van der Waals surface area contributed by atoms with Gasteiger partial charge in [0.05, 0.1) is 5.70 Å². The molecule has 2 aromatic rings. The van der Waals surface area contributed by atoms with Gasteiger partial charge in [-0.15, -0.1) is 0 Å². The molecule has 206 valence electrons. The molecule has 1 fully saturated rings. The molecule has 0 spiro atoms. The predicted molar refractivity (Wildman–Crippen MR) is 156 cm³/mol. The van der Waals surface area contributed by atoms with Gasteiger partial charge in [-0.25, -0.2) is 4.39 Å². The summed E-state index contributed by atoms with van der Waals surface area (Å²) in [5, 5.41) is 6.61. The molecular formula is C31H44FN5O. The highest BCUT2D eigenvalue weighted by molar-refractivity contribution is 6.04. The van der Waals surface area contributed by atoms with Gasteiger partial charge in [-0.05, 0) is 74.6 Å². The fraction of sp³-hybridized carbons (Fsp3) is 0.484. The number of hydrogen-bond acceptors (Lipinski definition) is 5. The van der Waals surface area contributed by atoms with Crippen LogP contribution >= 0.6 is 0 Å². The highest BCUT2D eigenvalue weighted by atomic mass is 19.1. The number of benzene rings is 2. The van der Waals surface area contributed by atoms with Crippen LogP contribution in [0.15, 0.2) is 59.4 Å². The molecule has 2 atom stereocenters. The molecule has 38 heavy (non-hydrogen) atoms. The summed E-state index contributed by atoms with van der Waals surface area (Å²) in [5.41, 5.74) is 5.67. The third-order valence-corrected chi connectivity index (χ3v) is 6.96. The monoisotopic (exact) mass is 521 g/mol. The molecule has 1 saturated heterocycles. The molecule has 0 saturated carbocycles. The van der Waals surface area contributed by atoms with Gasteiger partial charge in [0.25, 0.3) is 5.91 Å². The van der Waals surface area contributed by atoms with Crippen molar-refractivity contribution in [2.24, 2.45) is 10.9 Å². The lowest BCUT2D eigenvalue weighted by Gasteiger charge is -2.34. The molecule has 6 nitrogen and oxygen atoms in total. The van der Waals surface area contributed by atoms with Gasteiger partial charge in [0.1, 0.15) is 6.17 Å². The molecule has 0 aliphatic carbocycles. The Balaban J connectivity index is 1.59. The van der Waals surface area contributed by atoms with Crippen LogP contribution in [0.4, 0.5) is 10.1 Å². The molecule has 0 bridgehead atoms. The van der Waals surface area contributed by atoms with E-state index in [0.717, 1.165) is 41.2 Å². The Kier molecular flexibility index (Phi) is 10.6. The SMILES string of the molecule is CCN(C)/C=C(/N=CC(C)N[C@@H](C)c1cccc(NC(=O)c2ccc(CN3CC(F)C3)c(C)c2)c1)C(C)C. The molecule has 7 heteroatoms. The first kappa shape index (κ1) is 29.5. The van der Waals surface area contributed by atoms with Crippen LogP contribution in [0.1, 0.15) is 67.7 Å². The summed E-state index contributed by atoms with van der Waals surface area (Å²) in [4.78, 5) is 21.9. The number of halogens is 1. The van der Waals surface area contributed by atoms with Crippen LogP contribution in [0, 0.1) is 12.8 Å². The topological polar surface area (TPSA) is 60.0 Å². The number of rotatable bonds is 12. The van der Waals surface area contributed by atoms with E-state index in [-0.39, 0.29) is 18.0 Å². The number of alkyl halides is 1. The summed E-state index contributed by atoms with van der Waals surface area (Å²) in [6.07, 6.45) is 3.35. The van der Waals surface area contributed by atoms with Gasteiger partial charge in [0, 0.05) is 69.0 Å². The van der Waals surface area contributed by atoms with Crippen LogP contribution in [0.2, 0.25) is 0 Å². The molecule has 1 unspecified atom stereocenters. The molecular weight excluding hydrogens is 477 g/mol. The van der Waals surface area contributed by atoms with Crippen molar-refractivity contribution in [3.8, 4) is 0 Å². The van der Waals surface area contributed by atoms with E-state index in [4.69, 9.17) is 4.99 Å². The molecule has 1 heterocycles. The van der Waals surface area contributed by atoms with E-state index in [9.17, 15) is 9.18 Å². The number of amides is 1. The number of carbonyl (C=O) groups excluding carboxylic acids is 1. The number of nitrogens with one attached hydrogen (secondary N) is 2. The number of carbonyl (C=O) groups is 1. The second kappa shape index (κ2) is 13.7. The second-order valence-corrected chi connectivity index (χ2v) is 10.7. The van der Waals surface area contributed by atoms with E-state index in [0.29, 0.717) is 24.6 Å². The first-order chi connectivity index (χ1) is 18.0. The first-order valence-electron chi connectivity index (χ1n) is 13.6.